The molecule has 0 aromatic heterocycles. The van der Waals surface area contributed by atoms with Gasteiger partial charge in [0.15, 0.2) is 0 Å². The zero-order chi connectivity index (χ0) is 25.6. The van der Waals surface area contributed by atoms with E-state index in [1.165, 1.54) is 47.9 Å². The van der Waals surface area contributed by atoms with E-state index >= 15 is 0 Å². The fraction of sp³-hybridized carbons (Fsp3) is 0.543. The van der Waals surface area contributed by atoms with Crippen LogP contribution in [0.15, 0.2) is 59.2 Å². The Hall–Kier alpha value is -2.08. The van der Waals surface area contributed by atoms with Crippen molar-refractivity contribution >= 4 is 0 Å². The van der Waals surface area contributed by atoms with E-state index in [-0.39, 0.29) is 21.7 Å². The van der Waals surface area contributed by atoms with Gasteiger partial charge in [0, 0.05) is 11.3 Å². The van der Waals surface area contributed by atoms with Crippen LogP contribution in [0.1, 0.15) is 123 Å². The molecule has 2 aromatic rings. The van der Waals surface area contributed by atoms with Gasteiger partial charge in [-0.25, -0.2) is 0 Å². The second kappa shape index (κ2) is 7.71. The van der Waals surface area contributed by atoms with Gasteiger partial charge in [0.2, 0.25) is 0 Å². The molecule has 3 aliphatic rings. The minimum atomic E-state index is 0.150. The Labute approximate surface area is 214 Å². The summed E-state index contributed by atoms with van der Waals surface area (Å²) in [5, 5.41) is 0. The van der Waals surface area contributed by atoms with Crippen molar-refractivity contribution in [2.75, 3.05) is 0 Å². The lowest BCUT2D eigenvalue weighted by Gasteiger charge is -2.39. The van der Waals surface area contributed by atoms with E-state index in [1.807, 2.05) is 0 Å². The summed E-state index contributed by atoms with van der Waals surface area (Å²) in [5.74, 6) is 0.435. The van der Waals surface area contributed by atoms with Gasteiger partial charge in [0.1, 0.15) is 0 Å². The van der Waals surface area contributed by atoms with Crippen LogP contribution >= 0.6 is 0 Å². The third-order valence-corrected chi connectivity index (χ3v) is 9.41. The standard InChI is InChI=1S/C35H46/c1-11-35(17-16-22-18-25(21-30(22)35)34(8,9)10)31-28-19-23(32(2,3)4)12-14-26(28)27-15-13-24(20-29(27)31)33(5,6)7/h12-15,19-21,31H,11,16-18H2,1-10H3. The number of fused-ring (bicyclic) bond motifs is 3. The van der Waals surface area contributed by atoms with E-state index in [1.54, 1.807) is 27.8 Å². The van der Waals surface area contributed by atoms with Crippen molar-refractivity contribution in [2.24, 2.45) is 10.8 Å². The van der Waals surface area contributed by atoms with Crippen LogP contribution in [0.2, 0.25) is 0 Å². The van der Waals surface area contributed by atoms with Crippen molar-refractivity contribution in [2.45, 2.75) is 112 Å². The molecule has 0 radical (unpaired) electrons. The summed E-state index contributed by atoms with van der Waals surface area (Å²) >= 11 is 0. The van der Waals surface area contributed by atoms with Gasteiger partial charge in [-0.3, -0.25) is 0 Å². The van der Waals surface area contributed by atoms with E-state index in [0.29, 0.717) is 5.92 Å². The first kappa shape index (κ1) is 24.6. The molecule has 0 N–H and O–H groups in total. The van der Waals surface area contributed by atoms with Gasteiger partial charge >= 0.3 is 0 Å². The number of benzene rings is 2. The molecule has 3 aliphatic carbocycles. The van der Waals surface area contributed by atoms with Crippen LogP contribution in [0.5, 0.6) is 0 Å². The maximum Gasteiger partial charge on any atom is 0.0199 e. The fourth-order valence-electron chi connectivity index (χ4n) is 7.02. The molecule has 0 heteroatoms. The first-order chi connectivity index (χ1) is 16.2. The molecule has 1 unspecified atom stereocenters. The Morgan fingerprint density at radius 2 is 1.26 bits per heavy atom. The van der Waals surface area contributed by atoms with Crippen LogP contribution in [0, 0.1) is 10.8 Å². The molecule has 0 spiro atoms. The van der Waals surface area contributed by atoms with Crippen LogP contribution in [0.25, 0.3) is 11.1 Å². The van der Waals surface area contributed by atoms with Gasteiger partial charge in [0.25, 0.3) is 0 Å². The predicted molar refractivity (Wildman–Crippen MR) is 152 cm³/mol. The van der Waals surface area contributed by atoms with E-state index < -0.39 is 0 Å². The molecule has 5 rings (SSSR count). The minimum Gasteiger partial charge on any atom is -0.0645 e. The lowest BCUT2D eigenvalue weighted by molar-refractivity contribution is 0.302. The molecule has 186 valence electrons. The van der Waals surface area contributed by atoms with Crippen LogP contribution in [-0.2, 0) is 10.8 Å². The zero-order valence-corrected chi connectivity index (χ0v) is 23.9. The zero-order valence-electron chi connectivity index (χ0n) is 23.9. The summed E-state index contributed by atoms with van der Waals surface area (Å²) in [4.78, 5) is 0. The second-order valence-electron chi connectivity index (χ2n) is 14.7. The highest BCUT2D eigenvalue weighted by molar-refractivity contribution is 5.81. The van der Waals surface area contributed by atoms with Gasteiger partial charge in [-0.2, -0.15) is 0 Å². The van der Waals surface area contributed by atoms with Crippen molar-refractivity contribution in [1.29, 1.82) is 0 Å². The van der Waals surface area contributed by atoms with E-state index in [9.17, 15) is 0 Å². The molecular formula is C35H46. The van der Waals surface area contributed by atoms with E-state index in [0.717, 1.165) is 0 Å². The van der Waals surface area contributed by atoms with Crippen LogP contribution < -0.4 is 0 Å². The van der Waals surface area contributed by atoms with E-state index in [4.69, 9.17) is 0 Å². The topological polar surface area (TPSA) is 0 Å². The van der Waals surface area contributed by atoms with Gasteiger partial charge < -0.3 is 0 Å². The smallest absolute Gasteiger partial charge is 0.0199 e. The molecule has 0 saturated carbocycles. The van der Waals surface area contributed by atoms with Crippen LogP contribution in [0.3, 0.4) is 0 Å². The van der Waals surface area contributed by atoms with Gasteiger partial charge in [0.05, 0.1) is 0 Å². The molecule has 0 amide bonds. The Balaban J connectivity index is 1.76. The summed E-state index contributed by atoms with van der Waals surface area (Å²) in [5.41, 5.74) is 14.8. The van der Waals surface area contributed by atoms with Gasteiger partial charge in [-0.15, -0.1) is 0 Å². The molecule has 0 saturated heterocycles. The van der Waals surface area contributed by atoms with Crippen molar-refractivity contribution in [3.63, 3.8) is 0 Å². The Morgan fingerprint density at radius 3 is 1.69 bits per heavy atom. The largest absolute Gasteiger partial charge is 0.0645 e. The molecule has 0 bridgehead atoms. The summed E-state index contributed by atoms with van der Waals surface area (Å²) < 4.78 is 0. The Bertz CT molecular complexity index is 1180. The first-order valence-electron chi connectivity index (χ1n) is 13.9. The van der Waals surface area contributed by atoms with Gasteiger partial charge in [-0.1, -0.05) is 123 Å². The highest BCUT2D eigenvalue weighted by Gasteiger charge is 2.51. The second-order valence-corrected chi connectivity index (χ2v) is 14.7. The maximum atomic E-state index is 2.64. The molecule has 0 heterocycles. The maximum absolute atomic E-state index is 2.64. The van der Waals surface area contributed by atoms with Crippen molar-refractivity contribution < 1.29 is 0 Å². The lowest BCUT2D eigenvalue weighted by Crippen LogP contribution is -2.28. The molecular weight excluding hydrogens is 420 g/mol. The molecule has 35 heavy (non-hydrogen) atoms. The number of hydrogen-bond acceptors (Lipinski definition) is 0. The number of hydrogen-bond donors (Lipinski definition) is 0. The number of rotatable bonds is 2. The summed E-state index contributed by atoms with van der Waals surface area (Å²) in [7, 11) is 0. The monoisotopic (exact) mass is 466 g/mol. The third-order valence-electron chi connectivity index (χ3n) is 9.41. The minimum absolute atomic E-state index is 0.150. The highest BCUT2D eigenvalue weighted by Crippen LogP contribution is 2.65. The van der Waals surface area contributed by atoms with Crippen LogP contribution in [0.4, 0.5) is 0 Å². The Kier molecular flexibility index (Phi) is 5.42. The summed E-state index contributed by atoms with van der Waals surface area (Å²) in [6.45, 7) is 23.7. The quantitative estimate of drug-likeness (QED) is 0.413. The molecule has 0 fully saturated rings. The van der Waals surface area contributed by atoms with Crippen molar-refractivity contribution in [3.05, 3.63) is 81.4 Å². The average molecular weight is 467 g/mol. The number of allylic oxidation sites excluding steroid dienone is 4. The SMILES string of the molecule is CCC1(C2c3cc(C(C)(C)C)ccc3-c3ccc(C(C)(C)C)cc32)CCC2=C1C=C(C(C)(C)C)C2. The normalized spacial score (nSPS) is 22.4. The molecule has 0 nitrogen and oxygen atoms in total. The van der Waals surface area contributed by atoms with Crippen LogP contribution in [-0.4, -0.2) is 0 Å². The van der Waals surface area contributed by atoms with Gasteiger partial charge in [-0.05, 0) is 80.9 Å². The average Bonchev–Trinajstić information content (AvgIpc) is 3.42. The van der Waals surface area contributed by atoms with Crippen molar-refractivity contribution in [1.82, 2.24) is 0 Å². The first-order valence-corrected chi connectivity index (χ1v) is 13.9. The van der Waals surface area contributed by atoms with E-state index in [2.05, 4.69) is 112 Å². The third kappa shape index (κ3) is 3.78. The Morgan fingerprint density at radius 1 is 0.743 bits per heavy atom. The lowest BCUT2D eigenvalue weighted by atomic mass is 9.64. The molecule has 2 aromatic carbocycles. The predicted octanol–water partition coefficient (Wildman–Crippen LogP) is 10.3. The molecule has 1 atom stereocenters. The highest BCUT2D eigenvalue weighted by atomic mass is 14.5. The summed E-state index contributed by atoms with van der Waals surface area (Å²) in [6.07, 6.45) is 7.58. The molecule has 0 aliphatic heterocycles. The summed E-state index contributed by atoms with van der Waals surface area (Å²) in [6, 6.07) is 14.8. The fourth-order valence-corrected chi connectivity index (χ4v) is 7.02. The van der Waals surface area contributed by atoms with Crippen molar-refractivity contribution in [3.8, 4) is 11.1 Å².